The van der Waals surface area contributed by atoms with Crippen LogP contribution in [0, 0.1) is 5.92 Å². The molecular formula is C14H25N3O2. The topological polar surface area (TPSA) is 61.4 Å². The molecule has 1 atom stereocenters. The molecule has 0 bridgehead atoms. The Kier molecular flexibility index (Phi) is 5.19. The van der Waals surface area contributed by atoms with Gasteiger partial charge in [0.05, 0.1) is 0 Å². The van der Waals surface area contributed by atoms with Crippen LogP contribution in [0.3, 0.4) is 0 Å². The van der Waals surface area contributed by atoms with E-state index in [0.29, 0.717) is 12.5 Å². The standard InChI is InChI=1S/C14H25N3O2/c1-15-14(19)11-5-8-17(9-6-11)13(18)10-12-4-2-3-7-16-12/h11-12,16H,2-10H2,1H3,(H,15,19). The predicted molar refractivity (Wildman–Crippen MR) is 73.6 cm³/mol. The smallest absolute Gasteiger partial charge is 0.224 e. The summed E-state index contributed by atoms with van der Waals surface area (Å²) < 4.78 is 0. The number of amides is 2. The summed E-state index contributed by atoms with van der Waals surface area (Å²) in [7, 11) is 1.68. The van der Waals surface area contributed by atoms with E-state index >= 15 is 0 Å². The maximum Gasteiger partial charge on any atom is 0.224 e. The molecule has 2 fully saturated rings. The highest BCUT2D eigenvalue weighted by molar-refractivity contribution is 5.80. The Morgan fingerprint density at radius 3 is 2.53 bits per heavy atom. The molecule has 2 rings (SSSR count). The molecular weight excluding hydrogens is 242 g/mol. The fraction of sp³-hybridized carbons (Fsp3) is 0.857. The number of hydrogen-bond acceptors (Lipinski definition) is 3. The van der Waals surface area contributed by atoms with Crippen molar-refractivity contribution in [3.05, 3.63) is 0 Å². The average Bonchev–Trinajstić information content (AvgIpc) is 2.47. The van der Waals surface area contributed by atoms with E-state index in [9.17, 15) is 9.59 Å². The van der Waals surface area contributed by atoms with Gasteiger partial charge in [0.15, 0.2) is 0 Å². The third-order valence-corrected chi connectivity index (χ3v) is 4.30. The number of nitrogens with zero attached hydrogens (tertiary/aromatic N) is 1. The molecule has 0 aromatic carbocycles. The average molecular weight is 267 g/mol. The van der Waals surface area contributed by atoms with Gasteiger partial charge in [0.1, 0.15) is 0 Å². The van der Waals surface area contributed by atoms with Crippen LogP contribution in [0.25, 0.3) is 0 Å². The highest BCUT2D eigenvalue weighted by Crippen LogP contribution is 2.19. The van der Waals surface area contributed by atoms with Crippen molar-refractivity contribution in [3.8, 4) is 0 Å². The van der Waals surface area contributed by atoms with E-state index in [1.807, 2.05) is 4.90 Å². The Balaban J connectivity index is 1.74. The molecule has 5 nitrogen and oxygen atoms in total. The van der Waals surface area contributed by atoms with Crippen LogP contribution in [0.15, 0.2) is 0 Å². The molecule has 108 valence electrons. The van der Waals surface area contributed by atoms with Crippen molar-refractivity contribution in [2.24, 2.45) is 5.92 Å². The van der Waals surface area contributed by atoms with E-state index in [-0.39, 0.29) is 17.7 Å². The van der Waals surface area contributed by atoms with Crippen molar-refractivity contribution < 1.29 is 9.59 Å². The van der Waals surface area contributed by atoms with Gasteiger partial charge in [0.25, 0.3) is 0 Å². The minimum Gasteiger partial charge on any atom is -0.359 e. The normalized spacial score (nSPS) is 25.1. The van der Waals surface area contributed by atoms with Crippen LogP contribution < -0.4 is 10.6 Å². The molecule has 2 aliphatic rings. The van der Waals surface area contributed by atoms with E-state index in [1.165, 1.54) is 12.8 Å². The lowest BCUT2D eigenvalue weighted by Crippen LogP contribution is -2.45. The predicted octanol–water partition coefficient (Wildman–Crippen LogP) is 0.503. The SMILES string of the molecule is CNC(=O)C1CCN(C(=O)CC2CCCCN2)CC1. The molecule has 0 aliphatic carbocycles. The Hall–Kier alpha value is -1.10. The van der Waals surface area contributed by atoms with Gasteiger partial charge in [0.2, 0.25) is 11.8 Å². The van der Waals surface area contributed by atoms with E-state index in [1.54, 1.807) is 7.05 Å². The summed E-state index contributed by atoms with van der Waals surface area (Å²) in [6.45, 7) is 2.49. The largest absolute Gasteiger partial charge is 0.359 e. The molecule has 2 amide bonds. The first-order valence-corrected chi connectivity index (χ1v) is 7.43. The first-order chi connectivity index (χ1) is 9.20. The highest BCUT2D eigenvalue weighted by atomic mass is 16.2. The van der Waals surface area contributed by atoms with Gasteiger partial charge in [-0.1, -0.05) is 6.42 Å². The lowest BCUT2D eigenvalue weighted by molar-refractivity contribution is -0.136. The third-order valence-electron chi connectivity index (χ3n) is 4.30. The minimum atomic E-state index is 0.0851. The Morgan fingerprint density at radius 1 is 1.21 bits per heavy atom. The summed E-state index contributed by atoms with van der Waals surface area (Å²) in [5, 5.41) is 6.11. The number of piperidine rings is 2. The second-order valence-electron chi connectivity index (χ2n) is 5.62. The van der Waals surface area contributed by atoms with Crippen LogP contribution in [-0.2, 0) is 9.59 Å². The molecule has 0 saturated carbocycles. The minimum absolute atomic E-state index is 0.0851. The van der Waals surface area contributed by atoms with Crippen LogP contribution in [-0.4, -0.2) is 49.4 Å². The molecule has 1 unspecified atom stereocenters. The summed E-state index contributed by atoms with van der Waals surface area (Å²) in [5.41, 5.74) is 0. The van der Waals surface area contributed by atoms with E-state index < -0.39 is 0 Å². The zero-order valence-corrected chi connectivity index (χ0v) is 11.8. The highest BCUT2D eigenvalue weighted by Gasteiger charge is 2.27. The van der Waals surface area contributed by atoms with Crippen LogP contribution in [0.5, 0.6) is 0 Å². The molecule has 2 N–H and O–H groups in total. The van der Waals surface area contributed by atoms with Gasteiger partial charge in [0, 0.05) is 38.5 Å². The van der Waals surface area contributed by atoms with Crippen molar-refractivity contribution in [3.63, 3.8) is 0 Å². The van der Waals surface area contributed by atoms with E-state index in [4.69, 9.17) is 0 Å². The molecule has 19 heavy (non-hydrogen) atoms. The molecule has 0 radical (unpaired) electrons. The fourth-order valence-electron chi connectivity index (χ4n) is 3.03. The van der Waals surface area contributed by atoms with Crippen LogP contribution in [0.4, 0.5) is 0 Å². The lowest BCUT2D eigenvalue weighted by atomic mass is 9.95. The van der Waals surface area contributed by atoms with Crippen molar-refractivity contribution >= 4 is 11.8 Å². The van der Waals surface area contributed by atoms with Gasteiger partial charge in [-0.2, -0.15) is 0 Å². The maximum atomic E-state index is 12.2. The van der Waals surface area contributed by atoms with Crippen molar-refractivity contribution in [1.29, 1.82) is 0 Å². The lowest BCUT2D eigenvalue weighted by Gasteiger charge is -2.33. The Bertz CT molecular complexity index is 319. The van der Waals surface area contributed by atoms with Crippen molar-refractivity contribution in [2.45, 2.75) is 44.6 Å². The molecule has 2 aliphatic heterocycles. The zero-order chi connectivity index (χ0) is 13.7. The number of likely N-dealkylation sites (tertiary alicyclic amines) is 1. The van der Waals surface area contributed by atoms with Gasteiger partial charge in [-0.25, -0.2) is 0 Å². The van der Waals surface area contributed by atoms with Crippen molar-refractivity contribution in [1.82, 2.24) is 15.5 Å². The third kappa shape index (κ3) is 3.93. The summed E-state index contributed by atoms with van der Waals surface area (Å²) in [6, 6.07) is 0.359. The number of hydrogen-bond donors (Lipinski definition) is 2. The van der Waals surface area contributed by atoms with E-state index in [2.05, 4.69) is 10.6 Å². The summed E-state index contributed by atoms with van der Waals surface area (Å²) in [5.74, 6) is 0.442. The fourth-order valence-corrected chi connectivity index (χ4v) is 3.03. The first kappa shape index (κ1) is 14.3. The zero-order valence-electron chi connectivity index (χ0n) is 11.8. The molecule has 0 aromatic heterocycles. The van der Waals surface area contributed by atoms with Gasteiger partial charge in [-0.3, -0.25) is 9.59 Å². The Labute approximate surface area is 115 Å². The second-order valence-corrected chi connectivity index (χ2v) is 5.62. The van der Waals surface area contributed by atoms with Gasteiger partial charge in [-0.05, 0) is 32.2 Å². The number of rotatable bonds is 3. The van der Waals surface area contributed by atoms with Gasteiger partial charge < -0.3 is 15.5 Å². The molecule has 2 heterocycles. The first-order valence-electron chi connectivity index (χ1n) is 7.43. The number of carbonyl (C=O) groups is 2. The molecule has 2 saturated heterocycles. The molecule has 5 heteroatoms. The molecule has 0 spiro atoms. The monoisotopic (exact) mass is 267 g/mol. The van der Waals surface area contributed by atoms with Crippen molar-refractivity contribution in [2.75, 3.05) is 26.7 Å². The second kappa shape index (κ2) is 6.89. The molecule has 0 aromatic rings. The van der Waals surface area contributed by atoms with Crippen LogP contribution >= 0.6 is 0 Å². The number of nitrogens with one attached hydrogen (secondary N) is 2. The maximum absolute atomic E-state index is 12.2. The number of carbonyl (C=O) groups excluding carboxylic acids is 2. The van der Waals surface area contributed by atoms with Gasteiger partial charge >= 0.3 is 0 Å². The van der Waals surface area contributed by atoms with Crippen LogP contribution in [0.1, 0.15) is 38.5 Å². The summed E-state index contributed by atoms with van der Waals surface area (Å²) in [4.78, 5) is 25.7. The Morgan fingerprint density at radius 2 is 1.95 bits per heavy atom. The van der Waals surface area contributed by atoms with E-state index in [0.717, 1.165) is 38.9 Å². The quantitative estimate of drug-likeness (QED) is 0.783. The van der Waals surface area contributed by atoms with Gasteiger partial charge in [-0.15, -0.1) is 0 Å². The van der Waals surface area contributed by atoms with Crippen LogP contribution in [0.2, 0.25) is 0 Å². The summed E-state index contributed by atoms with van der Waals surface area (Å²) in [6.07, 6.45) is 5.77. The summed E-state index contributed by atoms with van der Waals surface area (Å²) >= 11 is 0.